The number of aromatic carboxylic acids is 1. The summed E-state index contributed by atoms with van der Waals surface area (Å²) in [6.07, 6.45) is 6.28. The van der Waals surface area contributed by atoms with Crippen molar-refractivity contribution >= 4 is 28.3 Å². The lowest BCUT2D eigenvalue weighted by atomic mass is 9.90. The quantitative estimate of drug-likeness (QED) is 0.358. The van der Waals surface area contributed by atoms with Gasteiger partial charge >= 0.3 is 5.97 Å². The summed E-state index contributed by atoms with van der Waals surface area (Å²) in [7, 11) is 0. The number of amides is 1. The van der Waals surface area contributed by atoms with Gasteiger partial charge in [-0.2, -0.15) is 0 Å². The second-order valence-electron chi connectivity index (χ2n) is 7.81. The Morgan fingerprint density at radius 2 is 1.52 bits per heavy atom. The largest absolute Gasteiger partial charge is 0.478 e. The first-order valence-electron chi connectivity index (χ1n) is 10.7. The van der Waals surface area contributed by atoms with Gasteiger partial charge in [0.05, 0.1) is 11.5 Å². The number of anilines is 1. The van der Waals surface area contributed by atoms with Crippen LogP contribution in [0.3, 0.4) is 0 Å². The van der Waals surface area contributed by atoms with Crippen LogP contribution in [-0.2, 0) is 11.2 Å². The van der Waals surface area contributed by atoms with E-state index in [1.54, 1.807) is 18.2 Å². The summed E-state index contributed by atoms with van der Waals surface area (Å²) in [6, 6.07) is 28.1. The van der Waals surface area contributed by atoms with Crippen LogP contribution in [0.4, 0.5) is 5.69 Å². The summed E-state index contributed by atoms with van der Waals surface area (Å²) >= 11 is 0. The highest BCUT2D eigenvalue weighted by Crippen LogP contribution is 2.30. The van der Waals surface area contributed by atoms with Gasteiger partial charge in [-0.3, -0.25) is 4.79 Å². The van der Waals surface area contributed by atoms with Crippen LogP contribution in [0, 0.1) is 12.3 Å². The fraction of sp³-hybridized carbons (Fsp3) is 0.103. The Kier molecular flexibility index (Phi) is 6.52. The van der Waals surface area contributed by atoms with Crippen molar-refractivity contribution in [2.75, 3.05) is 5.32 Å². The first-order chi connectivity index (χ1) is 16.1. The van der Waals surface area contributed by atoms with E-state index in [1.165, 1.54) is 0 Å². The number of hydrogen-bond acceptors (Lipinski definition) is 2. The normalized spacial score (nSPS) is 11.5. The summed E-state index contributed by atoms with van der Waals surface area (Å²) < 4.78 is 0. The fourth-order valence-electron chi connectivity index (χ4n) is 4.12. The molecule has 1 amide bonds. The Bertz CT molecular complexity index is 1360. The highest BCUT2D eigenvalue weighted by Gasteiger charge is 2.23. The predicted octanol–water partition coefficient (Wildman–Crippen LogP) is 5.87. The topological polar surface area (TPSA) is 66.4 Å². The van der Waals surface area contributed by atoms with Crippen molar-refractivity contribution in [2.24, 2.45) is 0 Å². The van der Waals surface area contributed by atoms with Crippen molar-refractivity contribution in [3.63, 3.8) is 0 Å². The van der Waals surface area contributed by atoms with Gasteiger partial charge in [-0.05, 0) is 39.6 Å². The van der Waals surface area contributed by atoms with E-state index in [4.69, 9.17) is 6.42 Å². The Balaban J connectivity index is 1.66. The second-order valence-corrected chi connectivity index (χ2v) is 7.81. The molecule has 4 rings (SSSR count). The van der Waals surface area contributed by atoms with Gasteiger partial charge in [-0.1, -0.05) is 78.9 Å². The lowest BCUT2D eigenvalue weighted by Gasteiger charge is -2.19. The number of carboxylic acid groups (broad SMARTS) is 1. The average molecular weight is 434 g/mol. The van der Waals surface area contributed by atoms with Gasteiger partial charge in [0.15, 0.2) is 0 Å². The van der Waals surface area contributed by atoms with Crippen molar-refractivity contribution in [1.29, 1.82) is 0 Å². The van der Waals surface area contributed by atoms with E-state index < -0.39 is 11.9 Å². The van der Waals surface area contributed by atoms with E-state index in [-0.39, 0.29) is 17.9 Å². The van der Waals surface area contributed by atoms with E-state index in [0.29, 0.717) is 17.7 Å². The molecule has 0 aliphatic carbocycles. The van der Waals surface area contributed by atoms with Gasteiger partial charge in [0.25, 0.3) is 0 Å². The van der Waals surface area contributed by atoms with Crippen LogP contribution < -0.4 is 5.32 Å². The standard InChI is InChI=1S/C29H23NO3/c1-2-10-26(25-17-9-14-20-11-3-6-15-23(20)25)28(31)30-27-18-8-5-13-22(27)19-21-12-4-7-16-24(21)29(32)33/h1,3-9,11-18,26H,10,19H2,(H,30,31)(H,32,33). The van der Waals surface area contributed by atoms with Crippen LogP contribution in [0.15, 0.2) is 91.0 Å². The third-order valence-corrected chi connectivity index (χ3v) is 5.74. The Morgan fingerprint density at radius 3 is 2.30 bits per heavy atom. The lowest BCUT2D eigenvalue weighted by Crippen LogP contribution is -2.22. The summed E-state index contributed by atoms with van der Waals surface area (Å²) in [5, 5.41) is 14.6. The minimum absolute atomic E-state index is 0.191. The highest BCUT2D eigenvalue weighted by atomic mass is 16.4. The van der Waals surface area contributed by atoms with Gasteiger partial charge in [-0.15, -0.1) is 12.3 Å². The van der Waals surface area contributed by atoms with E-state index >= 15 is 0 Å². The SMILES string of the molecule is C#CCC(C(=O)Nc1ccccc1Cc1ccccc1C(=O)O)c1cccc2ccccc12. The number of rotatable bonds is 7. The molecule has 0 radical (unpaired) electrons. The molecule has 33 heavy (non-hydrogen) atoms. The molecule has 4 aromatic carbocycles. The number of para-hydroxylation sites is 1. The van der Waals surface area contributed by atoms with Gasteiger partial charge < -0.3 is 10.4 Å². The summed E-state index contributed by atoms with van der Waals surface area (Å²) in [4.78, 5) is 25.0. The molecule has 4 aromatic rings. The zero-order valence-corrected chi connectivity index (χ0v) is 18.0. The Morgan fingerprint density at radius 1 is 0.848 bits per heavy atom. The Hall–Kier alpha value is -4.36. The molecule has 0 saturated heterocycles. The zero-order chi connectivity index (χ0) is 23.2. The van der Waals surface area contributed by atoms with Crippen molar-refractivity contribution in [1.82, 2.24) is 0 Å². The molecule has 1 unspecified atom stereocenters. The molecular weight excluding hydrogens is 410 g/mol. The van der Waals surface area contributed by atoms with Crippen molar-refractivity contribution in [3.8, 4) is 12.3 Å². The van der Waals surface area contributed by atoms with Crippen LogP contribution in [0.2, 0.25) is 0 Å². The molecule has 4 nitrogen and oxygen atoms in total. The van der Waals surface area contributed by atoms with Gasteiger partial charge in [0.1, 0.15) is 0 Å². The molecule has 0 aliphatic heterocycles. The van der Waals surface area contributed by atoms with E-state index in [0.717, 1.165) is 21.9 Å². The Labute approximate surface area is 192 Å². The minimum Gasteiger partial charge on any atom is -0.478 e. The number of carbonyl (C=O) groups is 2. The molecule has 0 aliphatic rings. The average Bonchev–Trinajstić information content (AvgIpc) is 2.83. The van der Waals surface area contributed by atoms with Crippen molar-refractivity contribution in [2.45, 2.75) is 18.8 Å². The van der Waals surface area contributed by atoms with E-state index in [9.17, 15) is 14.7 Å². The molecule has 162 valence electrons. The van der Waals surface area contributed by atoms with Gasteiger partial charge in [-0.25, -0.2) is 4.79 Å². The monoisotopic (exact) mass is 433 g/mol. The minimum atomic E-state index is -0.975. The molecule has 0 saturated carbocycles. The maximum atomic E-state index is 13.4. The van der Waals surface area contributed by atoms with Crippen molar-refractivity contribution < 1.29 is 14.7 Å². The van der Waals surface area contributed by atoms with E-state index in [2.05, 4.69) is 11.2 Å². The number of benzene rings is 4. The molecule has 0 fully saturated rings. The summed E-state index contributed by atoms with van der Waals surface area (Å²) in [5.74, 6) is 0.966. The number of carbonyl (C=O) groups excluding carboxylic acids is 1. The lowest BCUT2D eigenvalue weighted by molar-refractivity contribution is -0.117. The van der Waals surface area contributed by atoms with Crippen LogP contribution in [0.5, 0.6) is 0 Å². The number of terminal acetylenes is 1. The maximum absolute atomic E-state index is 13.4. The van der Waals surface area contributed by atoms with Crippen LogP contribution in [0.25, 0.3) is 10.8 Å². The first kappa shape index (κ1) is 21.9. The highest BCUT2D eigenvalue weighted by molar-refractivity contribution is 6.00. The number of carboxylic acids is 1. The predicted molar refractivity (Wildman–Crippen MR) is 131 cm³/mol. The summed E-state index contributed by atoms with van der Waals surface area (Å²) in [5.41, 5.74) is 3.29. The van der Waals surface area contributed by atoms with E-state index in [1.807, 2.05) is 72.8 Å². The van der Waals surface area contributed by atoms with Crippen LogP contribution in [0.1, 0.15) is 39.4 Å². The molecule has 0 heterocycles. The maximum Gasteiger partial charge on any atom is 0.335 e. The molecule has 0 aromatic heterocycles. The van der Waals surface area contributed by atoms with Gasteiger partial charge in [0.2, 0.25) is 5.91 Å². The smallest absolute Gasteiger partial charge is 0.335 e. The third kappa shape index (κ3) is 4.78. The third-order valence-electron chi connectivity index (χ3n) is 5.74. The van der Waals surface area contributed by atoms with Crippen molar-refractivity contribution in [3.05, 3.63) is 113 Å². The fourth-order valence-corrected chi connectivity index (χ4v) is 4.12. The van der Waals surface area contributed by atoms with Crippen LogP contribution >= 0.6 is 0 Å². The number of hydrogen-bond donors (Lipinski definition) is 2. The molecule has 1 atom stereocenters. The number of nitrogens with one attached hydrogen (secondary N) is 1. The van der Waals surface area contributed by atoms with Gasteiger partial charge in [0, 0.05) is 18.5 Å². The number of fused-ring (bicyclic) bond motifs is 1. The zero-order valence-electron chi connectivity index (χ0n) is 18.0. The summed E-state index contributed by atoms with van der Waals surface area (Å²) in [6.45, 7) is 0. The molecule has 0 spiro atoms. The molecular formula is C29H23NO3. The molecule has 4 heteroatoms. The molecule has 0 bridgehead atoms. The first-order valence-corrected chi connectivity index (χ1v) is 10.7. The van der Waals surface area contributed by atoms with Crippen LogP contribution in [-0.4, -0.2) is 17.0 Å². The second kappa shape index (κ2) is 9.84. The molecule has 2 N–H and O–H groups in total.